The van der Waals surface area contributed by atoms with Gasteiger partial charge in [-0.2, -0.15) is 0 Å². The Morgan fingerprint density at radius 1 is 1.26 bits per heavy atom. The predicted molar refractivity (Wildman–Crippen MR) is 86.8 cm³/mol. The monoisotopic (exact) mass is 318 g/mol. The van der Waals surface area contributed by atoms with Crippen LogP contribution in [0.2, 0.25) is 0 Å². The molecule has 1 atom stereocenters. The van der Waals surface area contributed by atoms with Gasteiger partial charge in [-0.25, -0.2) is 0 Å². The van der Waals surface area contributed by atoms with Crippen molar-refractivity contribution in [1.82, 2.24) is 15.2 Å². The Bertz CT molecular complexity index is 715. The summed E-state index contributed by atoms with van der Waals surface area (Å²) < 4.78 is 10.8. The topological polar surface area (TPSA) is 103 Å². The zero-order valence-corrected chi connectivity index (χ0v) is 13.6. The maximum Gasteiger partial charge on any atom is 0.274 e. The molecule has 0 aliphatic heterocycles. The van der Waals surface area contributed by atoms with E-state index in [0.717, 1.165) is 5.56 Å². The van der Waals surface area contributed by atoms with Crippen molar-refractivity contribution in [3.05, 3.63) is 45.6 Å². The molecule has 0 bridgehead atoms. The SMILES string of the molecule is CCOc1cc(Cc2nnc(C(N)CC)c(=O)[nH]2)ccc1OC. The van der Waals surface area contributed by atoms with E-state index in [4.69, 9.17) is 15.2 Å². The number of H-pyrrole nitrogens is 1. The molecule has 0 saturated heterocycles. The van der Waals surface area contributed by atoms with Crippen LogP contribution in [0.15, 0.2) is 23.0 Å². The molecule has 0 saturated carbocycles. The van der Waals surface area contributed by atoms with E-state index >= 15 is 0 Å². The van der Waals surface area contributed by atoms with Crippen molar-refractivity contribution in [2.75, 3.05) is 13.7 Å². The maximum absolute atomic E-state index is 12.0. The molecule has 1 unspecified atom stereocenters. The summed E-state index contributed by atoms with van der Waals surface area (Å²) in [5, 5.41) is 8.03. The Hall–Kier alpha value is -2.41. The normalized spacial score (nSPS) is 12.0. The number of nitrogens with two attached hydrogens (primary N) is 1. The van der Waals surface area contributed by atoms with Crippen LogP contribution in [-0.4, -0.2) is 28.9 Å². The van der Waals surface area contributed by atoms with Crippen LogP contribution in [0.25, 0.3) is 0 Å². The molecule has 1 aromatic carbocycles. The summed E-state index contributed by atoms with van der Waals surface area (Å²) in [5.74, 6) is 1.81. The highest BCUT2D eigenvalue weighted by Gasteiger charge is 2.12. The number of methoxy groups -OCH3 is 1. The summed E-state index contributed by atoms with van der Waals surface area (Å²) in [4.78, 5) is 14.8. The number of aromatic nitrogens is 3. The van der Waals surface area contributed by atoms with Gasteiger partial charge in [-0.3, -0.25) is 4.79 Å². The number of aromatic amines is 1. The first kappa shape index (κ1) is 17.0. The number of hydrogen-bond acceptors (Lipinski definition) is 6. The van der Waals surface area contributed by atoms with Crippen LogP contribution in [0.4, 0.5) is 0 Å². The number of nitrogens with one attached hydrogen (secondary N) is 1. The van der Waals surface area contributed by atoms with Crippen LogP contribution >= 0.6 is 0 Å². The minimum Gasteiger partial charge on any atom is -0.493 e. The maximum atomic E-state index is 12.0. The Labute approximate surface area is 134 Å². The molecule has 124 valence electrons. The zero-order valence-electron chi connectivity index (χ0n) is 13.6. The molecule has 0 spiro atoms. The molecule has 3 N–H and O–H groups in total. The average molecular weight is 318 g/mol. The van der Waals surface area contributed by atoms with E-state index < -0.39 is 6.04 Å². The van der Waals surface area contributed by atoms with Crippen molar-refractivity contribution in [1.29, 1.82) is 0 Å². The fraction of sp³-hybridized carbons (Fsp3) is 0.438. The highest BCUT2D eigenvalue weighted by molar-refractivity contribution is 5.43. The molecule has 1 heterocycles. The molecule has 0 aliphatic carbocycles. The highest BCUT2D eigenvalue weighted by atomic mass is 16.5. The van der Waals surface area contributed by atoms with Gasteiger partial charge in [0, 0.05) is 6.42 Å². The van der Waals surface area contributed by atoms with Crippen LogP contribution in [0.1, 0.15) is 43.4 Å². The smallest absolute Gasteiger partial charge is 0.274 e. The minimum atomic E-state index is -0.397. The number of hydrogen-bond donors (Lipinski definition) is 2. The minimum absolute atomic E-state index is 0.265. The van der Waals surface area contributed by atoms with Crippen LogP contribution in [0.5, 0.6) is 11.5 Å². The molecule has 0 fully saturated rings. The van der Waals surface area contributed by atoms with Gasteiger partial charge >= 0.3 is 0 Å². The third kappa shape index (κ3) is 4.07. The molecule has 23 heavy (non-hydrogen) atoms. The summed E-state index contributed by atoms with van der Waals surface area (Å²) in [6.07, 6.45) is 1.07. The van der Waals surface area contributed by atoms with Crippen molar-refractivity contribution in [2.24, 2.45) is 5.73 Å². The number of nitrogens with zero attached hydrogens (tertiary/aromatic N) is 2. The Kier molecular flexibility index (Phi) is 5.70. The molecule has 1 aromatic heterocycles. The fourth-order valence-corrected chi connectivity index (χ4v) is 2.19. The van der Waals surface area contributed by atoms with Gasteiger partial charge in [-0.05, 0) is 31.0 Å². The largest absolute Gasteiger partial charge is 0.493 e. The highest BCUT2D eigenvalue weighted by Crippen LogP contribution is 2.28. The third-order valence-corrected chi connectivity index (χ3v) is 3.46. The molecule has 0 aliphatic rings. The Morgan fingerprint density at radius 2 is 2.04 bits per heavy atom. The van der Waals surface area contributed by atoms with Gasteiger partial charge in [-0.1, -0.05) is 13.0 Å². The lowest BCUT2D eigenvalue weighted by molar-refractivity contribution is 0.310. The quantitative estimate of drug-likeness (QED) is 0.803. The molecule has 7 heteroatoms. The molecule has 7 nitrogen and oxygen atoms in total. The van der Waals surface area contributed by atoms with Crippen molar-refractivity contribution in [3.8, 4) is 11.5 Å². The van der Waals surface area contributed by atoms with E-state index in [-0.39, 0.29) is 11.3 Å². The first-order chi connectivity index (χ1) is 11.1. The summed E-state index contributed by atoms with van der Waals surface area (Å²) >= 11 is 0. The predicted octanol–water partition coefficient (Wildman–Crippen LogP) is 1.57. The van der Waals surface area contributed by atoms with Crippen molar-refractivity contribution >= 4 is 0 Å². The van der Waals surface area contributed by atoms with Gasteiger partial charge in [0.05, 0.1) is 19.8 Å². The summed E-state index contributed by atoms with van der Waals surface area (Å²) in [7, 11) is 1.59. The van der Waals surface area contributed by atoms with Crippen molar-refractivity contribution < 1.29 is 9.47 Å². The van der Waals surface area contributed by atoms with Crippen LogP contribution < -0.4 is 20.8 Å². The Balaban J connectivity index is 2.24. The van der Waals surface area contributed by atoms with Crippen LogP contribution in [0, 0.1) is 0 Å². The van der Waals surface area contributed by atoms with E-state index in [1.165, 1.54) is 0 Å². The number of ether oxygens (including phenoxy) is 2. The van der Waals surface area contributed by atoms with E-state index in [1.807, 2.05) is 32.0 Å². The lowest BCUT2D eigenvalue weighted by Crippen LogP contribution is -2.25. The fourth-order valence-electron chi connectivity index (χ4n) is 2.19. The average Bonchev–Trinajstić information content (AvgIpc) is 2.55. The lowest BCUT2D eigenvalue weighted by atomic mass is 10.1. The van der Waals surface area contributed by atoms with E-state index in [1.54, 1.807) is 7.11 Å². The van der Waals surface area contributed by atoms with Gasteiger partial charge in [0.1, 0.15) is 11.5 Å². The summed E-state index contributed by atoms with van der Waals surface area (Å²) in [5.41, 5.74) is 6.74. The molecule has 0 amide bonds. The van der Waals surface area contributed by atoms with E-state index in [2.05, 4.69) is 15.2 Å². The first-order valence-electron chi connectivity index (χ1n) is 7.60. The van der Waals surface area contributed by atoms with Gasteiger partial charge < -0.3 is 20.2 Å². The molecular formula is C16H22N4O3. The number of rotatable bonds is 7. The molecular weight excluding hydrogens is 296 g/mol. The van der Waals surface area contributed by atoms with Gasteiger partial charge in [-0.15, -0.1) is 10.2 Å². The second-order valence-corrected chi connectivity index (χ2v) is 5.10. The molecule has 2 rings (SSSR count). The molecule has 0 radical (unpaired) electrons. The zero-order chi connectivity index (χ0) is 16.8. The van der Waals surface area contributed by atoms with E-state index in [9.17, 15) is 4.79 Å². The Morgan fingerprint density at radius 3 is 2.65 bits per heavy atom. The second-order valence-electron chi connectivity index (χ2n) is 5.10. The van der Waals surface area contributed by atoms with E-state index in [0.29, 0.717) is 36.8 Å². The lowest BCUT2D eigenvalue weighted by Gasteiger charge is -2.11. The second kappa shape index (κ2) is 7.73. The number of benzene rings is 1. The summed E-state index contributed by atoms with van der Waals surface area (Å²) in [6, 6.07) is 5.19. The van der Waals surface area contributed by atoms with Crippen LogP contribution in [-0.2, 0) is 6.42 Å². The molecule has 2 aromatic rings. The van der Waals surface area contributed by atoms with Crippen molar-refractivity contribution in [3.63, 3.8) is 0 Å². The summed E-state index contributed by atoms with van der Waals surface area (Å²) in [6.45, 7) is 4.34. The van der Waals surface area contributed by atoms with Crippen molar-refractivity contribution in [2.45, 2.75) is 32.7 Å². The standard InChI is InChI=1S/C16H22N4O3/c1-4-11(17)15-16(21)18-14(19-20-15)9-10-6-7-12(22-3)13(8-10)23-5-2/h6-8,11H,4-5,9,17H2,1-3H3,(H,18,19,21). The van der Waals surface area contributed by atoms with Gasteiger partial charge in [0.15, 0.2) is 11.5 Å². The van der Waals surface area contributed by atoms with Crippen LogP contribution in [0.3, 0.4) is 0 Å². The third-order valence-electron chi connectivity index (χ3n) is 3.46. The first-order valence-corrected chi connectivity index (χ1v) is 7.60. The van der Waals surface area contributed by atoms with Gasteiger partial charge in [0.25, 0.3) is 5.56 Å². The van der Waals surface area contributed by atoms with Gasteiger partial charge in [0.2, 0.25) is 0 Å².